The van der Waals surface area contributed by atoms with Gasteiger partial charge in [-0.1, -0.05) is 18.5 Å². The van der Waals surface area contributed by atoms with Crippen LogP contribution >= 0.6 is 11.6 Å². The first-order valence-electron chi connectivity index (χ1n) is 5.86. The number of benzene rings is 1. The molecule has 2 rings (SSSR count). The molecule has 0 bridgehead atoms. The molecule has 0 spiro atoms. The van der Waals surface area contributed by atoms with Crippen molar-refractivity contribution in [2.75, 3.05) is 6.54 Å². The second-order valence-corrected chi connectivity index (χ2v) is 4.46. The van der Waals surface area contributed by atoms with E-state index in [2.05, 4.69) is 10.4 Å². The molecular weight excluding hydrogens is 253 g/mol. The Balaban J connectivity index is 2.08. The van der Waals surface area contributed by atoms with Gasteiger partial charge in [-0.15, -0.1) is 0 Å². The third-order valence-corrected chi connectivity index (χ3v) is 2.83. The Morgan fingerprint density at radius 3 is 3.00 bits per heavy atom. The third kappa shape index (κ3) is 3.31. The van der Waals surface area contributed by atoms with Gasteiger partial charge in [0.15, 0.2) is 0 Å². The van der Waals surface area contributed by atoms with Gasteiger partial charge in [-0.2, -0.15) is 5.10 Å². The maximum absolute atomic E-state index is 13.6. The van der Waals surface area contributed by atoms with Crippen molar-refractivity contribution >= 4 is 11.6 Å². The minimum atomic E-state index is -0.261. The summed E-state index contributed by atoms with van der Waals surface area (Å²) in [5, 5.41) is 8.08. The van der Waals surface area contributed by atoms with Gasteiger partial charge < -0.3 is 5.32 Å². The highest BCUT2D eigenvalue weighted by Gasteiger charge is 2.05. The van der Waals surface area contributed by atoms with Crippen LogP contribution in [0.25, 0.3) is 0 Å². The molecule has 96 valence electrons. The zero-order valence-electron chi connectivity index (χ0n) is 10.2. The van der Waals surface area contributed by atoms with Gasteiger partial charge in [-0.05, 0) is 30.8 Å². The fraction of sp³-hybridized carbons (Fsp3) is 0.308. The van der Waals surface area contributed by atoms with Crippen molar-refractivity contribution in [1.29, 1.82) is 0 Å². The SMILES string of the molecule is CCNCc1ccn(Cc2cc(Cl)ccc2F)n1. The Labute approximate surface area is 111 Å². The van der Waals surface area contributed by atoms with Gasteiger partial charge in [-0.25, -0.2) is 4.39 Å². The lowest BCUT2D eigenvalue weighted by molar-refractivity contribution is 0.580. The highest BCUT2D eigenvalue weighted by molar-refractivity contribution is 6.30. The Morgan fingerprint density at radius 1 is 1.39 bits per heavy atom. The number of halogens is 2. The fourth-order valence-electron chi connectivity index (χ4n) is 1.68. The van der Waals surface area contributed by atoms with Crippen molar-refractivity contribution in [3.8, 4) is 0 Å². The molecule has 2 aromatic rings. The van der Waals surface area contributed by atoms with Crippen LogP contribution in [0.5, 0.6) is 0 Å². The molecule has 1 heterocycles. The highest BCUT2D eigenvalue weighted by Crippen LogP contribution is 2.15. The lowest BCUT2D eigenvalue weighted by Gasteiger charge is -2.04. The molecule has 0 amide bonds. The summed E-state index contributed by atoms with van der Waals surface area (Å²) in [5.74, 6) is -0.261. The molecule has 0 aliphatic carbocycles. The van der Waals surface area contributed by atoms with Crippen LogP contribution in [-0.2, 0) is 13.1 Å². The van der Waals surface area contributed by atoms with E-state index in [9.17, 15) is 4.39 Å². The van der Waals surface area contributed by atoms with Gasteiger partial charge >= 0.3 is 0 Å². The van der Waals surface area contributed by atoms with Crippen molar-refractivity contribution in [3.05, 3.63) is 52.6 Å². The number of rotatable bonds is 5. The van der Waals surface area contributed by atoms with Crippen molar-refractivity contribution in [1.82, 2.24) is 15.1 Å². The average molecular weight is 268 g/mol. The largest absolute Gasteiger partial charge is 0.311 e. The molecule has 5 heteroatoms. The quantitative estimate of drug-likeness (QED) is 0.903. The van der Waals surface area contributed by atoms with E-state index in [4.69, 9.17) is 11.6 Å². The van der Waals surface area contributed by atoms with E-state index in [1.807, 2.05) is 19.2 Å². The summed E-state index contributed by atoms with van der Waals surface area (Å²) in [5.41, 5.74) is 1.49. The molecule has 3 nitrogen and oxygen atoms in total. The first-order valence-corrected chi connectivity index (χ1v) is 6.24. The second-order valence-electron chi connectivity index (χ2n) is 4.02. The molecule has 0 aliphatic rings. The first kappa shape index (κ1) is 13.1. The summed E-state index contributed by atoms with van der Waals surface area (Å²) in [7, 11) is 0. The van der Waals surface area contributed by atoms with Crippen LogP contribution < -0.4 is 5.32 Å². The van der Waals surface area contributed by atoms with Gasteiger partial charge in [0, 0.05) is 23.3 Å². The Kier molecular flexibility index (Phi) is 4.33. The van der Waals surface area contributed by atoms with Gasteiger partial charge in [0.05, 0.1) is 12.2 Å². The van der Waals surface area contributed by atoms with Gasteiger partial charge in [0.2, 0.25) is 0 Å². The molecule has 0 radical (unpaired) electrons. The van der Waals surface area contributed by atoms with Gasteiger partial charge in [-0.3, -0.25) is 4.68 Å². The molecule has 0 saturated carbocycles. The van der Waals surface area contributed by atoms with E-state index in [0.717, 1.165) is 18.8 Å². The predicted molar refractivity (Wildman–Crippen MR) is 70.1 cm³/mol. The van der Waals surface area contributed by atoms with Crippen LogP contribution in [0.2, 0.25) is 5.02 Å². The summed E-state index contributed by atoms with van der Waals surface area (Å²) in [6.07, 6.45) is 1.84. The number of nitrogens with zero attached hydrogens (tertiary/aromatic N) is 2. The van der Waals surface area contributed by atoms with Crippen molar-refractivity contribution in [3.63, 3.8) is 0 Å². The van der Waals surface area contributed by atoms with Gasteiger partial charge in [0.1, 0.15) is 5.82 Å². The topological polar surface area (TPSA) is 29.9 Å². The number of nitrogens with one attached hydrogen (secondary N) is 1. The molecule has 18 heavy (non-hydrogen) atoms. The van der Waals surface area contributed by atoms with Crippen LogP contribution in [0.1, 0.15) is 18.2 Å². The molecule has 0 atom stereocenters. The van der Waals surface area contributed by atoms with Crippen LogP contribution in [0, 0.1) is 5.82 Å². The summed E-state index contributed by atoms with van der Waals surface area (Å²) in [6.45, 7) is 4.05. The maximum Gasteiger partial charge on any atom is 0.128 e. The van der Waals surface area contributed by atoms with Crippen LogP contribution in [-0.4, -0.2) is 16.3 Å². The zero-order chi connectivity index (χ0) is 13.0. The molecule has 1 aromatic carbocycles. The van der Waals surface area contributed by atoms with E-state index in [-0.39, 0.29) is 5.82 Å². The van der Waals surface area contributed by atoms with E-state index >= 15 is 0 Å². The van der Waals surface area contributed by atoms with E-state index < -0.39 is 0 Å². The summed E-state index contributed by atoms with van der Waals surface area (Å²) < 4.78 is 15.3. The monoisotopic (exact) mass is 267 g/mol. The number of hydrogen-bond donors (Lipinski definition) is 1. The van der Waals surface area contributed by atoms with E-state index in [0.29, 0.717) is 17.1 Å². The van der Waals surface area contributed by atoms with Crippen molar-refractivity contribution < 1.29 is 4.39 Å². The molecule has 1 N–H and O–H groups in total. The minimum absolute atomic E-state index is 0.261. The van der Waals surface area contributed by atoms with Crippen LogP contribution in [0.4, 0.5) is 4.39 Å². The first-order chi connectivity index (χ1) is 8.69. The average Bonchev–Trinajstić information content (AvgIpc) is 2.79. The second kappa shape index (κ2) is 5.98. The molecule has 0 fully saturated rings. The molecule has 0 aliphatic heterocycles. The Morgan fingerprint density at radius 2 is 2.22 bits per heavy atom. The smallest absolute Gasteiger partial charge is 0.128 e. The van der Waals surface area contributed by atoms with Gasteiger partial charge in [0.25, 0.3) is 0 Å². The molecular formula is C13H15ClFN3. The Bertz CT molecular complexity index is 525. The summed E-state index contributed by atoms with van der Waals surface area (Å²) in [6, 6.07) is 6.47. The summed E-state index contributed by atoms with van der Waals surface area (Å²) >= 11 is 5.85. The molecule has 0 saturated heterocycles. The lowest BCUT2D eigenvalue weighted by atomic mass is 10.2. The normalized spacial score (nSPS) is 10.8. The predicted octanol–water partition coefficient (Wildman–Crippen LogP) is 2.83. The van der Waals surface area contributed by atoms with E-state index in [1.165, 1.54) is 6.07 Å². The number of hydrogen-bond acceptors (Lipinski definition) is 2. The molecule has 1 aromatic heterocycles. The van der Waals surface area contributed by atoms with Crippen molar-refractivity contribution in [2.45, 2.75) is 20.0 Å². The highest BCUT2D eigenvalue weighted by atomic mass is 35.5. The minimum Gasteiger partial charge on any atom is -0.311 e. The van der Waals surface area contributed by atoms with Crippen LogP contribution in [0.3, 0.4) is 0 Å². The van der Waals surface area contributed by atoms with E-state index in [1.54, 1.807) is 16.8 Å². The summed E-state index contributed by atoms with van der Waals surface area (Å²) in [4.78, 5) is 0. The number of aromatic nitrogens is 2. The Hall–Kier alpha value is -1.39. The van der Waals surface area contributed by atoms with Crippen LogP contribution in [0.15, 0.2) is 30.5 Å². The third-order valence-electron chi connectivity index (χ3n) is 2.59. The fourth-order valence-corrected chi connectivity index (χ4v) is 1.87. The standard InChI is InChI=1S/C13H15ClFN3/c1-2-16-8-12-5-6-18(17-12)9-10-7-11(14)3-4-13(10)15/h3-7,16H,2,8-9H2,1H3. The zero-order valence-corrected chi connectivity index (χ0v) is 10.9. The lowest BCUT2D eigenvalue weighted by Crippen LogP contribution is -2.12. The maximum atomic E-state index is 13.6. The molecule has 0 unspecified atom stereocenters. The van der Waals surface area contributed by atoms with Crippen molar-refractivity contribution in [2.24, 2.45) is 0 Å².